The van der Waals surface area contributed by atoms with Gasteiger partial charge in [-0.25, -0.2) is 0 Å². The van der Waals surface area contributed by atoms with Gasteiger partial charge in [-0.15, -0.1) is 0 Å². The third kappa shape index (κ3) is 2.20. The van der Waals surface area contributed by atoms with E-state index >= 15 is 0 Å². The van der Waals surface area contributed by atoms with Crippen LogP contribution in [0.2, 0.25) is 0 Å². The van der Waals surface area contributed by atoms with E-state index in [0.29, 0.717) is 0 Å². The van der Waals surface area contributed by atoms with Crippen molar-refractivity contribution in [3.8, 4) is 0 Å². The summed E-state index contributed by atoms with van der Waals surface area (Å²) in [6, 6.07) is 1.48. The highest BCUT2D eigenvalue weighted by atomic mass is 16.5. The molecule has 0 aromatic heterocycles. The summed E-state index contributed by atoms with van der Waals surface area (Å²) in [4.78, 5) is 2.46. The van der Waals surface area contributed by atoms with E-state index < -0.39 is 0 Å². The van der Waals surface area contributed by atoms with Crippen LogP contribution in [0.5, 0.6) is 0 Å². The molecule has 2 saturated heterocycles. The van der Waals surface area contributed by atoms with E-state index in [1.54, 1.807) is 0 Å². The Morgan fingerprint density at radius 3 is 1.92 bits per heavy atom. The molecule has 2 heterocycles. The molecule has 0 spiro atoms. The van der Waals surface area contributed by atoms with E-state index in [2.05, 4.69) is 25.8 Å². The van der Waals surface area contributed by atoms with Crippen molar-refractivity contribution in [2.24, 2.45) is 0 Å². The molecule has 2 atom stereocenters. The minimum atomic E-state index is 0.740. The van der Waals surface area contributed by atoms with E-state index in [1.807, 2.05) is 0 Å². The Balaban J connectivity index is 0.000000213. The number of likely N-dealkylation sites (N-methyl/N-ethyl adjacent to an activating group) is 1. The molecule has 2 aliphatic rings. The lowest BCUT2D eigenvalue weighted by molar-refractivity contribution is -0.000705. The second kappa shape index (κ2) is 4.83. The van der Waals surface area contributed by atoms with Crippen molar-refractivity contribution >= 4 is 0 Å². The Labute approximate surface area is 75.9 Å². The molecule has 0 aromatic rings. The maximum Gasteiger partial charge on any atom is 0.0622 e. The van der Waals surface area contributed by atoms with Crippen molar-refractivity contribution in [2.45, 2.75) is 45.2 Å². The number of hydrogen-bond donors (Lipinski definition) is 0. The molecule has 2 heteroatoms. The summed E-state index contributed by atoms with van der Waals surface area (Å²) in [6.07, 6.45) is 3.95. The summed E-state index contributed by atoms with van der Waals surface area (Å²) >= 11 is 0. The molecule has 2 nitrogen and oxygen atoms in total. The monoisotopic (exact) mass is 171 g/mol. The van der Waals surface area contributed by atoms with Crippen molar-refractivity contribution in [3.05, 3.63) is 0 Å². The maximum atomic E-state index is 5.39. The number of ether oxygens (including phenoxy) is 1. The van der Waals surface area contributed by atoms with Crippen LogP contribution in [0.3, 0.4) is 0 Å². The zero-order valence-electron chi connectivity index (χ0n) is 8.55. The predicted molar refractivity (Wildman–Crippen MR) is 51.4 cm³/mol. The first-order valence-electron chi connectivity index (χ1n) is 5.09. The van der Waals surface area contributed by atoms with E-state index in [-0.39, 0.29) is 0 Å². The quantitative estimate of drug-likeness (QED) is 0.552. The molecule has 2 aliphatic heterocycles. The highest BCUT2D eigenvalue weighted by molar-refractivity contribution is 4.88. The molecule has 0 aliphatic carbocycles. The van der Waals surface area contributed by atoms with Gasteiger partial charge in [0, 0.05) is 12.1 Å². The van der Waals surface area contributed by atoms with Gasteiger partial charge in [0.05, 0.1) is 13.2 Å². The summed E-state index contributed by atoms with van der Waals surface area (Å²) in [6.45, 7) is 6.18. The first kappa shape index (κ1) is 10.0. The third-order valence-electron chi connectivity index (χ3n) is 2.61. The lowest BCUT2D eigenvalue weighted by Gasteiger charge is -2.30. The number of morpholine rings is 1. The Hall–Kier alpha value is -0.0800. The first-order valence-corrected chi connectivity index (χ1v) is 5.09. The van der Waals surface area contributed by atoms with Crippen LogP contribution in [0.15, 0.2) is 0 Å². The lowest BCUT2D eigenvalue weighted by atomic mass is 10.2. The molecule has 2 rings (SSSR count). The van der Waals surface area contributed by atoms with Crippen LogP contribution >= 0.6 is 0 Å². The number of nitrogens with zero attached hydrogens (tertiary/aromatic N) is 1. The van der Waals surface area contributed by atoms with Crippen molar-refractivity contribution in [2.75, 3.05) is 20.3 Å². The maximum absolute atomic E-state index is 5.39. The fraction of sp³-hybridized carbons (Fsp3) is 1.00. The molecule has 0 radical (unpaired) electrons. The second-order valence-electron chi connectivity index (χ2n) is 3.80. The van der Waals surface area contributed by atoms with Crippen molar-refractivity contribution in [3.63, 3.8) is 0 Å². The van der Waals surface area contributed by atoms with Crippen molar-refractivity contribution < 1.29 is 4.74 Å². The van der Waals surface area contributed by atoms with Gasteiger partial charge >= 0.3 is 0 Å². The number of fused-ring (bicyclic) bond motifs is 2. The van der Waals surface area contributed by atoms with Gasteiger partial charge in [-0.2, -0.15) is 0 Å². The third-order valence-corrected chi connectivity index (χ3v) is 2.61. The fourth-order valence-corrected chi connectivity index (χ4v) is 1.83. The highest BCUT2D eigenvalue weighted by Crippen LogP contribution is 2.26. The zero-order chi connectivity index (χ0) is 8.97. The van der Waals surface area contributed by atoms with E-state index in [9.17, 15) is 0 Å². The molecule has 2 unspecified atom stereocenters. The van der Waals surface area contributed by atoms with Crippen LogP contribution in [0, 0.1) is 0 Å². The van der Waals surface area contributed by atoms with Gasteiger partial charge < -0.3 is 4.74 Å². The van der Waals surface area contributed by atoms with Gasteiger partial charge in [-0.05, 0) is 19.9 Å². The van der Waals surface area contributed by atoms with Crippen LogP contribution in [0.4, 0.5) is 0 Å². The van der Waals surface area contributed by atoms with Crippen LogP contribution in [0.1, 0.15) is 33.1 Å². The predicted octanol–water partition coefficient (Wildman–Crippen LogP) is 1.90. The van der Waals surface area contributed by atoms with E-state index in [0.717, 1.165) is 25.3 Å². The number of hydrogen-bond acceptors (Lipinski definition) is 2. The van der Waals surface area contributed by atoms with Gasteiger partial charge in [0.25, 0.3) is 0 Å². The summed E-state index contributed by atoms with van der Waals surface area (Å²) in [7, 11) is 2.21. The summed E-state index contributed by atoms with van der Waals surface area (Å²) < 4.78 is 5.39. The minimum Gasteiger partial charge on any atom is -0.378 e. The molecule has 0 amide bonds. The Morgan fingerprint density at radius 1 is 1.17 bits per heavy atom. The van der Waals surface area contributed by atoms with Crippen molar-refractivity contribution in [1.82, 2.24) is 4.90 Å². The average Bonchev–Trinajstić information content (AvgIpc) is 2.32. The fourth-order valence-electron chi connectivity index (χ4n) is 1.83. The second-order valence-corrected chi connectivity index (χ2v) is 3.80. The van der Waals surface area contributed by atoms with Gasteiger partial charge in [0.2, 0.25) is 0 Å². The first-order chi connectivity index (χ1) is 5.79. The molecule has 0 saturated carbocycles. The van der Waals surface area contributed by atoms with Crippen LogP contribution < -0.4 is 0 Å². The van der Waals surface area contributed by atoms with E-state index in [1.165, 1.54) is 19.3 Å². The average molecular weight is 171 g/mol. The van der Waals surface area contributed by atoms with Gasteiger partial charge in [0.15, 0.2) is 0 Å². The number of rotatable bonds is 0. The topological polar surface area (TPSA) is 12.5 Å². The van der Waals surface area contributed by atoms with Gasteiger partial charge in [-0.1, -0.05) is 20.3 Å². The van der Waals surface area contributed by atoms with Crippen molar-refractivity contribution in [1.29, 1.82) is 0 Å². The van der Waals surface area contributed by atoms with Gasteiger partial charge in [0.1, 0.15) is 0 Å². The molecule has 0 aromatic carbocycles. The summed E-state index contributed by atoms with van der Waals surface area (Å²) in [5.74, 6) is 0. The molecular weight excluding hydrogens is 150 g/mol. The molecular formula is C10H21NO. The molecule has 2 bridgehead atoms. The SMILES string of the molecule is CCC.CN1C2CCC1COC2. The lowest BCUT2D eigenvalue weighted by Crippen LogP contribution is -2.42. The van der Waals surface area contributed by atoms with Crippen LogP contribution in [-0.2, 0) is 4.74 Å². The summed E-state index contributed by atoms with van der Waals surface area (Å²) in [5, 5.41) is 0. The molecule has 72 valence electrons. The molecule has 12 heavy (non-hydrogen) atoms. The van der Waals surface area contributed by atoms with Crippen LogP contribution in [0.25, 0.3) is 0 Å². The normalized spacial score (nSPS) is 34.2. The largest absolute Gasteiger partial charge is 0.378 e. The Morgan fingerprint density at radius 2 is 1.58 bits per heavy atom. The van der Waals surface area contributed by atoms with Gasteiger partial charge in [-0.3, -0.25) is 4.90 Å². The molecule has 0 N–H and O–H groups in total. The molecule has 2 fully saturated rings. The highest BCUT2D eigenvalue weighted by Gasteiger charge is 2.33. The van der Waals surface area contributed by atoms with Crippen LogP contribution in [-0.4, -0.2) is 37.2 Å². The minimum absolute atomic E-state index is 0.740. The smallest absolute Gasteiger partial charge is 0.0622 e. The zero-order valence-corrected chi connectivity index (χ0v) is 8.55. The summed E-state index contributed by atoms with van der Waals surface area (Å²) in [5.41, 5.74) is 0. The van der Waals surface area contributed by atoms with E-state index in [4.69, 9.17) is 4.74 Å². The Kier molecular flexibility index (Phi) is 4.02. The Bertz CT molecular complexity index is 111. The standard InChI is InChI=1S/C7H13NO.C3H8/c1-8-6-2-3-7(8)5-9-4-6;1-3-2/h6-7H,2-5H2,1H3;3H2,1-2H3.